The maximum absolute atomic E-state index is 12.6. The zero-order valence-electron chi connectivity index (χ0n) is 15.0. The molecular weight excluding hydrogens is 342 g/mol. The normalized spacial score (nSPS) is 14.4. The molecule has 1 aliphatic heterocycles. The van der Waals surface area contributed by atoms with E-state index in [2.05, 4.69) is 17.0 Å². The molecule has 0 spiro atoms. The van der Waals surface area contributed by atoms with E-state index in [4.69, 9.17) is 4.42 Å². The standard InChI is InChI=1S/C21H21N3O3/c25-20(23-13-11-22(12-14-23)18-9-5-2-6-10-18)16-24-15-19(27-21(24)26)17-7-3-1-4-8-17/h1-10,15H,11-14,16H2. The highest BCUT2D eigenvalue weighted by Gasteiger charge is 2.22. The monoisotopic (exact) mass is 363 g/mol. The summed E-state index contributed by atoms with van der Waals surface area (Å²) in [5, 5.41) is 0. The summed E-state index contributed by atoms with van der Waals surface area (Å²) < 4.78 is 6.63. The minimum absolute atomic E-state index is 0.000500. The Morgan fingerprint density at radius 2 is 1.52 bits per heavy atom. The lowest BCUT2D eigenvalue weighted by Crippen LogP contribution is -2.50. The van der Waals surface area contributed by atoms with E-state index < -0.39 is 5.76 Å². The van der Waals surface area contributed by atoms with Gasteiger partial charge in [-0.15, -0.1) is 0 Å². The number of oxazole rings is 1. The summed E-state index contributed by atoms with van der Waals surface area (Å²) in [6.07, 6.45) is 1.61. The summed E-state index contributed by atoms with van der Waals surface area (Å²) >= 11 is 0. The fraction of sp³-hybridized carbons (Fsp3) is 0.238. The number of carbonyl (C=O) groups is 1. The van der Waals surface area contributed by atoms with Gasteiger partial charge in [-0.25, -0.2) is 4.79 Å². The quantitative estimate of drug-likeness (QED) is 0.714. The first-order valence-electron chi connectivity index (χ1n) is 9.04. The molecule has 0 radical (unpaired) electrons. The van der Waals surface area contributed by atoms with Crippen molar-refractivity contribution in [1.82, 2.24) is 9.47 Å². The maximum Gasteiger partial charge on any atom is 0.419 e. The highest BCUT2D eigenvalue weighted by atomic mass is 16.4. The highest BCUT2D eigenvalue weighted by molar-refractivity contribution is 5.76. The Morgan fingerprint density at radius 1 is 0.889 bits per heavy atom. The van der Waals surface area contributed by atoms with Crippen molar-refractivity contribution in [3.05, 3.63) is 77.4 Å². The van der Waals surface area contributed by atoms with Gasteiger partial charge in [-0.2, -0.15) is 0 Å². The average molecular weight is 363 g/mol. The van der Waals surface area contributed by atoms with Gasteiger partial charge >= 0.3 is 5.76 Å². The first-order valence-corrected chi connectivity index (χ1v) is 9.04. The second-order valence-corrected chi connectivity index (χ2v) is 6.56. The minimum Gasteiger partial charge on any atom is -0.408 e. The third kappa shape index (κ3) is 3.79. The van der Waals surface area contributed by atoms with Crippen LogP contribution in [0.15, 0.2) is 76.1 Å². The van der Waals surface area contributed by atoms with E-state index in [1.54, 1.807) is 11.1 Å². The lowest BCUT2D eigenvalue weighted by Gasteiger charge is -2.36. The largest absolute Gasteiger partial charge is 0.419 e. The van der Waals surface area contributed by atoms with E-state index in [1.165, 1.54) is 10.3 Å². The maximum atomic E-state index is 12.6. The molecule has 1 aliphatic rings. The highest BCUT2D eigenvalue weighted by Crippen LogP contribution is 2.18. The first-order chi connectivity index (χ1) is 13.2. The molecular formula is C21H21N3O3. The zero-order valence-corrected chi connectivity index (χ0v) is 15.0. The van der Waals surface area contributed by atoms with Gasteiger partial charge < -0.3 is 14.2 Å². The topological polar surface area (TPSA) is 58.7 Å². The summed E-state index contributed by atoms with van der Waals surface area (Å²) in [5.41, 5.74) is 1.99. The predicted octanol–water partition coefficient (Wildman–Crippen LogP) is 2.46. The number of benzene rings is 2. The predicted molar refractivity (Wildman–Crippen MR) is 104 cm³/mol. The van der Waals surface area contributed by atoms with Crippen LogP contribution in [-0.4, -0.2) is 41.6 Å². The molecule has 0 N–H and O–H groups in total. The van der Waals surface area contributed by atoms with Crippen molar-refractivity contribution in [2.75, 3.05) is 31.1 Å². The number of hydrogen-bond acceptors (Lipinski definition) is 4. The summed E-state index contributed by atoms with van der Waals surface area (Å²) in [5.74, 6) is -0.0994. The van der Waals surface area contributed by atoms with Gasteiger partial charge in [-0.05, 0) is 12.1 Å². The van der Waals surface area contributed by atoms with Crippen LogP contribution >= 0.6 is 0 Å². The summed E-state index contributed by atoms with van der Waals surface area (Å²) in [6, 6.07) is 19.6. The third-order valence-electron chi connectivity index (χ3n) is 4.82. The first kappa shape index (κ1) is 17.1. The van der Waals surface area contributed by atoms with Crippen LogP contribution < -0.4 is 10.7 Å². The number of carbonyl (C=O) groups excluding carboxylic acids is 1. The van der Waals surface area contributed by atoms with Gasteiger partial charge in [-0.3, -0.25) is 9.36 Å². The molecule has 1 aromatic heterocycles. The van der Waals surface area contributed by atoms with Crippen LogP contribution in [0.25, 0.3) is 11.3 Å². The van der Waals surface area contributed by atoms with Crippen molar-refractivity contribution in [3.8, 4) is 11.3 Å². The third-order valence-corrected chi connectivity index (χ3v) is 4.82. The number of aromatic nitrogens is 1. The number of hydrogen-bond donors (Lipinski definition) is 0. The Balaban J connectivity index is 1.39. The van der Waals surface area contributed by atoms with Gasteiger partial charge in [-0.1, -0.05) is 48.5 Å². The van der Waals surface area contributed by atoms with E-state index in [-0.39, 0.29) is 12.5 Å². The van der Waals surface area contributed by atoms with Crippen LogP contribution in [0.2, 0.25) is 0 Å². The number of para-hydroxylation sites is 1. The van der Waals surface area contributed by atoms with Gasteiger partial charge in [0.05, 0.1) is 6.20 Å². The summed E-state index contributed by atoms with van der Waals surface area (Å²) in [7, 11) is 0. The van der Waals surface area contributed by atoms with Crippen LogP contribution in [0, 0.1) is 0 Å². The van der Waals surface area contributed by atoms with Gasteiger partial charge in [0.1, 0.15) is 6.54 Å². The van der Waals surface area contributed by atoms with Crippen molar-refractivity contribution in [2.24, 2.45) is 0 Å². The molecule has 2 heterocycles. The van der Waals surface area contributed by atoms with E-state index >= 15 is 0 Å². The molecule has 0 aliphatic carbocycles. The Morgan fingerprint density at radius 3 is 2.19 bits per heavy atom. The Bertz CT molecular complexity index is 955. The molecule has 27 heavy (non-hydrogen) atoms. The number of anilines is 1. The molecule has 1 fully saturated rings. The number of piperazine rings is 1. The molecule has 1 amide bonds. The molecule has 6 heteroatoms. The summed E-state index contributed by atoms with van der Waals surface area (Å²) in [4.78, 5) is 28.8. The van der Waals surface area contributed by atoms with E-state index in [1.807, 2.05) is 48.5 Å². The average Bonchev–Trinajstić information content (AvgIpc) is 3.10. The van der Waals surface area contributed by atoms with Crippen LogP contribution in [0.3, 0.4) is 0 Å². The fourth-order valence-electron chi connectivity index (χ4n) is 3.32. The van der Waals surface area contributed by atoms with Gasteiger partial charge in [0, 0.05) is 37.4 Å². The Hall–Kier alpha value is -3.28. The molecule has 1 saturated heterocycles. The SMILES string of the molecule is O=C(Cn1cc(-c2ccccc2)oc1=O)N1CCN(c2ccccc2)CC1. The molecule has 138 valence electrons. The van der Waals surface area contributed by atoms with Gasteiger partial charge in [0.2, 0.25) is 5.91 Å². The fourth-order valence-corrected chi connectivity index (χ4v) is 3.32. The second-order valence-electron chi connectivity index (χ2n) is 6.56. The van der Waals surface area contributed by atoms with Crippen LogP contribution in [0.5, 0.6) is 0 Å². The molecule has 0 bridgehead atoms. The van der Waals surface area contributed by atoms with Crippen LogP contribution in [-0.2, 0) is 11.3 Å². The van der Waals surface area contributed by atoms with E-state index in [0.717, 1.165) is 18.7 Å². The zero-order chi connectivity index (χ0) is 18.6. The summed E-state index contributed by atoms with van der Waals surface area (Å²) in [6.45, 7) is 2.86. The molecule has 0 atom stereocenters. The molecule has 0 unspecified atom stereocenters. The molecule has 0 saturated carbocycles. The van der Waals surface area contributed by atoms with E-state index in [0.29, 0.717) is 18.8 Å². The molecule has 6 nitrogen and oxygen atoms in total. The Kier molecular flexibility index (Phi) is 4.78. The molecule has 3 aromatic rings. The lowest BCUT2D eigenvalue weighted by atomic mass is 10.2. The van der Waals surface area contributed by atoms with Crippen molar-refractivity contribution < 1.29 is 9.21 Å². The Labute approximate surface area is 157 Å². The van der Waals surface area contributed by atoms with Crippen molar-refractivity contribution in [1.29, 1.82) is 0 Å². The minimum atomic E-state index is -0.509. The van der Waals surface area contributed by atoms with Crippen molar-refractivity contribution >= 4 is 11.6 Å². The van der Waals surface area contributed by atoms with Crippen LogP contribution in [0.4, 0.5) is 5.69 Å². The molecule has 4 rings (SSSR count). The number of nitrogens with zero attached hydrogens (tertiary/aromatic N) is 3. The van der Waals surface area contributed by atoms with Crippen molar-refractivity contribution in [3.63, 3.8) is 0 Å². The number of amides is 1. The van der Waals surface area contributed by atoms with Crippen LogP contribution in [0.1, 0.15) is 0 Å². The van der Waals surface area contributed by atoms with Gasteiger partial charge in [0.25, 0.3) is 0 Å². The molecule has 2 aromatic carbocycles. The lowest BCUT2D eigenvalue weighted by molar-refractivity contribution is -0.132. The van der Waals surface area contributed by atoms with Gasteiger partial charge in [0.15, 0.2) is 5.76 Å². The second kappa shape index (κ2) is 7.53. The number of rotatable bonds is 4. The van der Waals surface area contributed by atoms with Crippen molar-refractivity contribution in [2.45, 2.75) is 6.54 Å². The smallest absolute Gasteiger partial charge is 0.408 e. The van der Waals surface area contributed by atoms with E-state index in [9.17, 15) is 9.59 Å².